The topological polar surface area (TPSA) is 25.2 Å². The summed E-state index contributed by atoms with van der Waals surface area (Å²) in [5, 5.41) is 0. The molecule has 0 atom stereocenters. The highest BCUT2D eigenvalue weighted by Gasteiger charge is 1.99. The Morgan fingerprint density at radius 2 is 2.20 bits per heavy atom. The SMILES string of the molecule is C\C=C/C(C)=C\C(=N\C)c1ccccn1. The van der Waals surface area contributed by atoms with Crippen LogP contribution in [0, 0.1) is 0 Å². The maximum Gasteiger partial charge on any atom is 0.0881 e. The monoisotopic (exact) mass is 200 g/mol. The average molecular weight is 200 g/mol. The van der Waals surface area contributed by atoms with Gasteiger partial charge < -0.3 is 0 Å². The minimum absolute atomic E-state index is 0.906. The van der Waals surface area contributed by atoms with Crippen molar-refractivity contribution in [1.82, 2.24) is 4.98 Å². The molecule has 0 bridgehead atoms. The summed E-state index contributed by atoms with van der Waals surface area (Å²) < 4.78 is 0. The zero-order chi connectivity index (χ0) is 11.1. The van der Waals surface area contributed by atoms with E-state index in [1.165, 1.54) is 5.57 Å². The van der Waals surface area contributed by atoms with Crippen LogP contribution in [0.15, 0.2) is 53.2 Å². The van der Waals surface area contributed by atoms with Crippen LogP contribution < -0.4 is 0 Å². The summed E-state index contributed by atoms with van der Waals surface area (Å²) in [6.07, 6.45) is 7.87. The van der Waals surface area contributed by atoms with Crippen molar-refractivity contribution in [3.8, 4) is 0 Å². The van der Waals surface area contributed by atoms with Gasteiger partial charge in [-0.05, 0) is 37.6 Å². The van der Waals surface area contributed by atoms with Gasteiger partial charge in [-0.15, -0.1) is 0 Å². The van der Waals surface area contributed by atoms with Gasteiger partial charge in [0.25, 0.3) is 0 Å². The first kappa shape index (κ1) is 11.4. The van der Waals surface area contributed by atoms with Gasteiger partial charge in [0.05, 0.1) is 11.4 Å². The molecular formula is C13H16N2. The Kier molecular flexibility index (Phi) is 4.48. The van der Waals surface area contributed by atoms with Crippen LogP contribution in [-0.4, -0.2) is 17.7 Å². The lowest BCUT2D eigenvalue weighted by molar-refractivity contribution is 1.27. The molecule has 1 aromatic heterocycles. The van der Waals surface area contributed by atoms with Gasteiger partial charge in [0, 0.05) is 13.2 Å². The molecule has 0 saturated heterocycles. The number of pyridine rings is 1. The summed E-state index contributed by atoms with van der Waals surface area (Å²) in [5.74, 6) is 0. The first-order valence-electron chi connectivity index (χ1n) is 4.97. The van der Waals surface area contributed by atoms with E-state index in [9.17, 15) is 0 Å². The molecule has 78 valence electrons. The summed E-state index contributed by atoms with van der Waals surface area (Å²) in [6, 6.07) is 5.83. The third-order valence-corrected chi connectivity index (χ3v) is 1.96. The predicted octanol–water partition coefficient (Wildman–Crippen LogP) is 3.02. The van der Waals surface area contributed by atoms with E-state index >= 15 is 0 Å². The van der Waals surface area contributed by atoms with Crippen molar-refractivity contribution in [3.05, 3.63) is 53.9 Å². The summed E-state index contributed by atoms with van der Waals surface area (Å²) >= 11 is 0. The van der Waals surface area contributed by atoms with Crippen molar-refractivity contribution in [2.24, 2.45) is 4.99 Å². The van der Waals surface area contributed by atoms with Crippen LogP contribution in [0.1, 0.15) is 19.5 Å². The summed E-state index contributed by atoms with van der Waals surface area (Å²) in [6.45, 7) is 4.05. The van der Waals surface area contributed by atoms with Crippen LogP contribution in [0.4, 0.5) is 0 Å². The van der Waals surface area contributed by atoms with Gasteiger partial charge in [0.15, 0.2) is 0 Å². The molecule has 0 aromatic carbocycles. The third-order valence-electron chi connectivity index (χ3n) is 1.96. The largest absolute Gasteiger partial charge is 0.286 e. The van der Waals surface area contributed by atoms with Crippen molar-refractivity contribution >= 4 is 5.71 Å². The van der Waals surface area contributed by atoms with E-state index in [-0.39, 0.29) is 0 Å². The highest BCUT2D eigenvalue weighted by Crippen LogP contribution is 2.03. The van der Waals surface area contributed by atoms with Crippen molar-refractivity contribution in [2.45, 2.75) is 13.8 Å². The smallest absolute Gasteiger partial charge is 0.0881 e. The average Bonchev–Trinajstić information content (AvgIpc) is 2.27. The third kappa shape index (κ3) is 3.50. The molecule has 0 unspecified atom stereocenters. The van der Waals surface area contributed by atoms with E-state index in [4.69, 9.17) is 0 Å². The number of rotatable bonds is 3. The molecule has 0 fully saturated rings. The fourth-order valence-corrected chi connectivity index (χ4v) is 1.29. The molecule has 0 spiro atoms. The normalized spacial score (nSPS) is 13.5. The Bertz CT molecular complexity index is 386. The van der Waals surface area contributed by atoms with Gasteiger partial charge in [0.2, 0.25) is 0 Å². The number of aromatic nitrogens is 1. The van der Waals surface area contributed by atoms with Crippen LogP contribution >= 0.6 is 0 Å². The standard InChI is InChI=1S/C13H16N2/c1-4-7-11(2)10-13(14-3)12-8-5-6-9-15-12/h4-10H,1-3H3/b7-4-,11-10-,14-13-. The molecule has 1 aromatic rings. The van der Waals surface area contributed by atoms with E-state index in [1.807, 2.05) is 50.3 Å². The minimum atomic E-state index is 0.906. The zero-order valence-corrected chi connectivity index (χ0v) is 9.44. The molecular weight excluding hydrogens is 184 g/mol. The van der Waals surface area contributed by atoms with Crippen LogP contribution in [0.3, 0.4) is 0 Å². The highest BCUT2D eigenvalue weighted by molar-refractivity contribution is 6.07. The Balaban J connectivity index is 2.97. The van der Waals surface area contributed by atoms with Gasteiger partial charge in [0.1, 0.15) is 0 Å². The Hall–Kier alpha value is -1.70. The van der Waals surface area contributed by atoms with Gasteiger partial charge in [-0.25, -0.2) is 0 Å². The lowest BCUT2D eigenvalue weighted by atomic mass is 10.1. The predicted molar refractivity (Wildman–Crippen MR) is 65.3 cm³/mol. The molecule has 1 rings (SSSR count). The van der Waals surface area contributed by atoms with E-state index < -0.39 is 0 Å². The summed E-state index contributed by atoms with van der Waals surface area (Å²) in [4.78, 5) is 8.49. The van der Waals surface area contributed by atoms with E-state index in [0.29, 0.717) is 0 Å². The Morgan fingerprint density at radius 1 is 1.40 bits per heavy atom. The van der Waals surface area contributed by atoms with Crippen LogP contribution in [0.2, 0.25) is 0 Å². The second kappa shape index (κ2) is 5.91. The second-order valence-electron chi connectivity index (χ2n) is 3.21. The highest BCUT2D eigenvalue weighted by atomic mass is 14.8. The van der Waals surface area contributed by atoms with E-state index in [2.05, 4.69) is 9.98 Å². The lowest BCUT2D eigenvalue weighted by Crippen LogP contribution is -2.00. The molecule has 15 heavy (non-hydrogen) atoms. The van der Waals surface area contributed by atoms with Crippen molar-refractivity contribution < 1.29 is 0 Å². The number of hydrogen-bond acceptors (Lipinski definition) is 2. The molecule has 0 radical (unpaired) electrons. The molecule has 0 amide bonds. The molecule has 1 heterocycles. The zero-order valence-electron chi connectivity index (χ0n) is 9.44. The fraction of sp³-hybridized carbons (Fsp3) is 0.231. The van der Waals surface area contributed by atoms with Gasteiger partial charge in [-0.2, -0.15) is 0 Å². The van der Waals surface area contributed by atoms with Crippen molar-refractivity contribution in [3.63, 3.8) is 0 Å². The van der Waals surface area contributed by atoms with Gasteiger partial charge in [-0.3, -0.25) is 9.98 Å². The second-order valence-corrected chi connectivity index (χ2v) is 3.21. The van der Waals surface area contributed by atoms with E-state index in [1.54, 1.807) is 13.2 Å². The molecule has 2 nitrogen and oxygen atoms in total. The number of allylic oxidation sites excluding steroid dienone is 4. The molecule has 0 aliphatic carbocycles. The molecule has 0 saturated carbocycles. The van der Waals surface area contributed by atoms with Gasteiger partial charge >= 0.3 is 0 Å². The fourth-order valence-electron chi connectivity index (χ4n) is 1.29. The van der Waals surface area contributed by atoms with Crippen LogP contribution in [0.25, 0.3) is 0 Å². The first-order valence-corrected chi connectivity index (χ1v) is 4.97. The number of aliphatic imine (C=N–C) groups is 1. The maximum atomic E-state index is 4.26. The Morgan fingerprint density at radius 3 is 2.73 bits per heavy atom. The first-order chi connectivity index (χ1) is 7.27. The minimum Gasteiger partial charge on any atom is -0.286 e. The quantitative estimate of drug-likeness (QED) is 0.544. The number of nitrogens with zero attached hydrogens (tertiary/aromatic N) is 2. The number of hydrogen-bond donors (Lipinski definition) is 0. The molecule has 0 aliphatic heterocycles. The van der Waals surface area contributed by atoms with Crippen molar-refractivity contribution in [2.75, 3.05) is 7.05 Å². The Labute approximate surface area is 91.1 Å². The van der Waals surface area contributed by atoms with Crippen molar-refractivity contribution in [1.29, 1.82) is 0 Å². The molecule has 0 N–H and O–H groups in total. The van der Waals surface area contributed by atoms with Crippen LogP contribution in [-0.2, 0) is 0 Å². The summed E-state index contributed by atoms with van der Waals surface area (Å²) in [5.41, 5.74) is 2.99. The molecule has 0 aliphatic rings. The van der Waals surface area contributed by atoms with E-state index in [0.717, 1.165) is 11.4 Å². The lowest BCUT2D eigenvalue weighted by Gasteiger charge is -2.00. The van der Waals surface area contributed by atoms with Crippen LogP contribution in [0.5, 0.6) is 0 Å². The maximum absolute atomic E-state index is 4.26. The molecule has 2 heteroatoms. The summed E-state index contributed by atoms with van der Waals surface area (Å²) in [7, 11) is 1.78. The van der Waals surface area contributed by atoms with Gasteiger partial charge in [-0.1, -0.05) is 18.2 Å².